The minimum atomic E-state index is 0.0688. The Balaban J connectivity index is 2.20. The number of amides is 1. The van der Waals surface area contributed by atoms with Crippen molar-refractivity contribution in [3.05, 3.63) is 47.5 Å². The maximum absolute atomic E-state index is 11.9. The van der Waals surface area contributed by atoms with Gasteiger partial charge in [0.2, 0.25) is 0 Å². The molecule has 1 heterocycles. The van der Waals surface area contributed by atoms with E-state index in [0.717, 1.165) is 5.56 Å². The molecule has 1 amide bonds. The molecule has 0 aromatic heterocycles. The van der Waals surface area contributed by atoms with E-state index >= 15 is 0 Å². The van der Waals surface area contributed by atoms with Crippen molar-refractivity contribution in [1.29, 1.82) is 0 Å². The highest BCUT2D eigenvalue weighted by Gasteiger charge is 2.22. The number of carbonyl (C=O) groups excluding carboxylic acids is 1. The first-order valence-electron chi connectivity index (χ1n) is 4.49. The van der Waals surface area contributed by atoms with Crippen LogP contribution < -0.4 is 0 Å². The molecule has 1 aliphatic heterocycles. The Bertz CT molecular complexity index is 361. The van der Waals surface area contributed by atoms with Crippen LogP contribution in [-0.4, -0.2) is 16.2 Å². The number of rotatable bonds is 1. The van der Waals surface area contributed by atoms with Crippen LogP contribution in [0.1, 0.15) is 17.3 Å². The molecule has 0 radical (unpaired) electrons. The lowest BCUT2D eigenvalue weighted by Crippen LogP contribution is -2.29. The predicted molar refractivity (Wildman–Crippen MR) is 58.8 cm³/mol. The van der Waals surface area contributed by atoms with Gasteiger partial charge in [-0.05, 0) is 24.5 Å². The fraction of sp³-hybridized carbons (Fsp3) is 0.182. The first kappa shape index (κ1) is 9.34. The Kier molecular flexibility index (Phi) is 2.59. The molecule has 3 heteroatoms. The fourth-order valence-electron chi connectivity index (χ4n) is 1.36. The summed E-state index contributed by atoms with van der Waals surface area (Å²) in [7, 11) is 0. The van der Waals surface area contributed by atoms with Gasteiger partial charge in [0.1, 0.15) is 0 Å². The second-order valence-corrected chi connectivity index (χ2v) is 4.33. The van der Waals surface area contributed by atoms with Gasteiger partial charge in [-0.3, -0.25) is 4.79 Å². The number of hydrogen-bond donors (Lipinski definition) is 0. The smallest absolute Gasteiger partial charge is 0.258 e. The molecule has 1 aromatic carbocycles. The molecular weight excluding hydrogens is 194 g/mol. The van der Waals surface area contributed by atoms with Crippen molar-refractivity contribution in [3.8, 4) is 0 Å². The largest absolute Gasteiger partial charge is 0.302 e. The summed E-state index contributed by atoms with van der Waals surface area (Å²) < 4.78 is 0. The minimum Gasteiger partial charge on any atom is -0.302 e. The Hall–Kier alpha value is -1.22. The van der Waals surface area contributed by atoms with E-state index in [4.69, 9.17) is 0 Å². The number of nitrogens with zero attached hydrogens (tertiary/aromatic N) is 1. The summed E-state index contributed by atoms with van der Waals surface area (Å²) in [6.07, 6.45) is 1.84. The monoisotopic (exact) mass is 205 g/mol. The first-order chi connectivity index (χ1) is 6.79. The number of carbonyl (C=O) groups is 1. The molecule has 72 valence electrons. The lowest BCUT2D eigenvalue weighted by molar-refractivity contribution is 0.0820. The van der Waals surface area contributed by atoms with E-state index in [1.54, 1.807) is 16.7 Å². The van der Waals surface area contributed by atoms with Crippen LogP contribution in [0.3, 0.4) is 0 Å². The van der Waals surface area contributed by atoms with Gasteiger partial charge < -0.3 is 4.90 Å². The van der Waals surface area contributed by atoms with Crippen molar-refractivity contribution in [1.82, 2.24) is 4.90 Å². The van der Waals surface area contributed by atoms with E-state index in [1.807, 2.05) is 48.9 Å². The van der Waals surface area contributed by atoms with Crippen molar-refractivity contribution in [3.63, 3.8) is 0 Å². The lowest BCUT2D eigenvalue weighted by Gasteiger charge is -2.18. The third-order valence-corrected chi connectivity index (χ3v) is 3.04. The van der Waals surface area contributed by atoms with E-state index < -0.39 is 0 Å². The van der Waals surface area contributed by atoms with Crippen molar-refractivity contribution in [2.45, 2.75) is 12.3 Å². The Labute approximate surface area is 87.6 Å². The number of thioether (sulfide) groups is 1. The molecule has 0 aliphatic carbocycles. The van der Waals surface area contributed by atoms with E-state index in [1.165, 1.54) is 0 Å². The third kappa shape index (κ3) is 1.68. The molecular formula is C11H11NOS. The van der Waals surface area contributed by atoms with E-state index in [2.05, 4.69) is 0 Å². The van der Waals surface area contributed by atoms with Gasteiger partial charge in [-0.2, -0.15) is 0 Å². The Morgan fingerprint density at radius 2 is 2.07 bits per heavy atom. The number of benzene rings is 1. The maximum atomic E-state index is 11.9. The van der Waals surface area contributed by atoms with Gasteiger partial charge in [-0.15, -0.1) is 11.8 Å². The van der Waals surface area contributed by atoms with Crippen LogP contribution in [-0.2, 0) is 0 Å². The topological polar surface area (TPSA) is 20.3 Å². The molecule has 14 heavy (non-hydrogen) atoms. The quantitative estimate of drug-likeness (QED) is 0.702. The molecule has 2 rings (SSSR count). The standard InChI is InChI=1S/C11H11NOS/c1-9-12(7-8-14-9)11(13)10-5-3-2-4-6-10/h2-9H,1H3. The first-order valence-corrected chi connectivity index (χ1v) is 5.43. The predicted octanol–water partition coefficient (Wildman–Crippen LogP) is 2.69. The molecule has 1 aromatic rings. The highest BCUT2D eigenvalue weighted by atomic mass is 32.2. The molecule has 0 N–H and O–H groups in total. The highest BCUT2D eigenvalue weighted by Crippen LogP contribution is 2.25. The fourth-order valence-corrected chi connectivity index (χ4v) is 2.09. The summed E-state index contributed by atoms with van der Waals surface area (Å²) in [6, 6.07) is 9.35. The highest BCUT2D eigenvalue weighted by molar-refractivity contribution is 8.02. The van der Waals surface area contributed by atoms with Gasteiger partial charge in [0.25, 0.3) is 5.91 Å². The summed E-state index contributed by atoms with van der Waals surface area (Å²) in [4.78, 5) is 13.7. The summed E-state index contributed by atoms with van der Waals surface area (Å²) >= 11 is 1.65. The maximum Gasteiger partial charge on any atom is 0.258 e. The molecule has 2 nitrogen and oxygen atoms in total. The van der Waals surface area contributed by atoms with Crippen LogP contribution in [0.15, 0.2) is 41.9 Å². The minimum absolute atomic E-state index is 0.0688. The second-order valence-electron chi connectivity index (χ2n) is 3.10. The average Bonchev–Trinajstić information content (AvgIpc) is 2.65. The van der Waals surface area contributed by atoms with E-state index in [9.17, 15) is 4.79 Å². The average molecular weight is 205 g/mol. The van der Waals surface area contributed by atoms with E-state index in [-0.39, 0.29) is 11.3 Å². The van der Waals surface area contributed by atoms with Crippen LogP contribution in [0.25, 0.3) is 0 Å². The van der Waals surface area contributed by atoms with Gasteiger partial charge in [-0.25, -0.2) is 0 Å². The van der Waals surface area contributed by atoms with Gasteiger partial charge >= 0.3 is 0 Å². The molecule has 1 atom stereocenters. The van der Waals surface area contributed by atoms with Gasteiger partial charge in [-0.1, -0.05) is 18.2 Å². The van der Waals surface area contributed by atoms with Gasteiger partial charge in [0.05, 0.1) is 5.37 Å². The Morgan fingerprint density at radius 1 is 1.36 bits per heavy atom. The molecule has 0 bridgehead atoms. The van der Waals surface area contributed by atoms with Crippen LogP contribution in [0.4, 0.5) is 0 Å². The molecule has 0 spiro atoms. The molecule has 1 unspecified atom stereocenters. The SMILES string of the molecule is CC1SC=CN1C(=O)c1ccccc1. The van der Waals surface area contributed by atoms with Crippen molar-refractivity contribution >= 4 is 17.7 Å². The molecule has 0 saturated carbocycles. The third-order valence-electron chi connectivity index (χ3n) is 2.14. The second kappa shape index (κ2) is 3.88. The van der Waals surface area contributed by atoms with Crippen LogP contribution in [0, 0.1) is 0 Å². The van der Waals surface area contributed by atoms with Crippen LogP contribution in [0.5, 0.6) is 0 Å². The van der Waals surface area contributed by atoms with Gasteiger partial charge in [0.15, 0.2) is 0 Å². The molecule has 0 fully saturated rings. The van der Waals surface area contributed by atoms with Crippen molar-refractivity contribution in [2.24, 2.45) is 0 Å². The lowest BCUT2D eigenvalue weighted by atomic mass is 10.2. The van der Waals surface area contributed by atoms with Crippen LogP contribution >= 0.6 is 11.8 Å². The summed E-state index contributed by atoms with van der Waals surface area (Å²) in [6.45, 7) is 2.02. The molecule has 0 saturated heterocycles. The normalized spacial score (nSPS) is 20.1. The van der Waals surface area contributed by atoms with Crippen molar-refractivity contribution < 1.29 is 4.79 Å². The Morgan fingerprint density at radius 3 is 2.64 bits per heavy atom. The van der Waals surface area contributed by atoms with Gasteiger partial charge in [0, 0.05) is 11.8 Å². The number of hydrogen-bond acceptors (Lipinski definition) is 2. The van der Waals surface area contributed by atoms with Crippen LogP contribution in [0.2, 0.25) is 0 Å². The van der Waals surface area contributed by atoms with Crippen molar-refractivity contribution in [2.75, 3.05) is 0 Å². The summed E-state index contributed by atoms with van der Waals surface area (Å²) in [5, 5.41) is 2.16. The zero-order valence-electron chi connectivity index (χ0n) is 7.88. The molecule has 1 aliphatic rings. The summed E-state index contributed by atoms with van der Waals surface area (Å²) in [5.74, 6) is 0.0688. The zero-order valence-corrected chi connectivity index (χ0v) is 8.70. The van der Waals surface area contributed by atoms with E-state index in [0.29, 0.717) is 0 Å². The zero-order chi connectivity index (χ0) is 9.97. The summed E-state index contributed by atoms with van der Waals surface area (Å²) in [5.41, 5.74) is 0.742.